The smallest absolute Gasteiger partial charge is 0.166 e. The summed E-state index contributed by atoms with van der Waals surface area (Å²) in [6, 6.07) is 6.04. The Kier molecular flexibility index (Phi) is 8.37. The number of H-pyrrole nitrogens is 1. The number of hydrogen-bond acceptors (Lipinski definition) is 3. The number of fused-ring (bicyclic) bond motifs is 1. The second-order valence-corrected chi connectivity index (χ2v) is 7.06. The summed E-state index contributed by atoms with van der Waals surface area (Å²) in [6.45, 7) is 4.97. The topological polar surface area (TPSA) is 37.9 Å². The molecule has 0 spiro atoms. The third kappa shape index (κ3) is 6.46. The highest BCUT2D eigenvalue weighted by Gasteiger charge is 2.04. The van der Waals surface area contributed by atoms with E-state index in [-0.39, 0.29) is 0 Å². The van der Waals surface area contributed by atoms with Gasteiger partial charge in [-0.05, 0) is 25.5 Å². The van der Waals surface area contributed by atoms with Crippen LogP contribution in [0.25, 0.3) is 11.0 Å². The molecule has 0 amide bonds. The summed E-state index contributed by atoms with van der Waals surface area (Å²) in [6.07, 6.45) is 10.9. The fourth-order valence-corrected chi connectivity index (χ4v) is 3.58. The number of nitrogens with zero attached hydrogens (tertiary/aromatic N) is 1. The average molecular weight is 335 g/mol. The molecule has 0 aliphatic heterocycles. The predicted octanol–water partition coefficient (Wildman–Crippen LogP) is 6.19. The lowest BCUT2D eigenvalue weighted by Gasteiger charge is -2.01. The number of imidazole rings is 1. The number of aromatic nitrogens is 2. The van der Waals surface area contributed by atoms with Crippen molar-refractivity contribution in [3.05, 3.63) is 18.2 Å². The van der Waals surface area contributed by atoms with Crippen molar-refractivity contribution in [3.63, 3.8) is 0 Å². The van der Waals surface area contributed by atoms with Crippen LogP contribution in [0.4, 0.5) is 0 Å². The summed E-state index contributed by atoms with van der Waals surface area (Å²) in [4.78, 5) is 8.02. The fraction of sp³-hybridized carbons (Fsp3) is 0.632. The van der Waals surface area contributed by atoms with Crippen molar-refractivity contribution in [2.45, 2.75) is 70.4 Å². The maximum atomic E-state index is 5.53. The SMILES string of the molecule is CCCCCCCCCCSc1nc2ccc(OCC)cc2[nH]1. The molecule has 0 aliphatic rings. The van der Waals surface area contributed by atoms with E-state index in [2.05, 4.69) is 16.9 Å². The number of ether oxygens (including phenoxy) is 1. The van der Waals surface area contributed by atoms with Gasteiger partial charge in [0.05, 0.1) is 17.6 Å². The van der Waals surface area contributed by atoms with E-state index in [1.54, 1.807) is 0 Å². The molecule has 0 saturated heterocycles. The molecule has 1 aromatic heterocycles. The Labute approximate surface area is 144 Å². The highest BCUT2D eigenvalue weighted by molar-refractivity contribution is 7.99. The van der Waals surface area contributed by atoms with E-state index in [1.807, 2.05) is 36.9 Å². The van der Waals surface area contributed by atoms with Gasteiger partial charge >= 0.3 is 0 Å². The standard InChI is InChI=1S/C19H30N2OS/c1-3-5-6-7-8-9-10-11-14-23-19-20-17-13-12-16(22-4-2)15-18(17)21-19/h12-13,15H,3-11,14H2,1-2H3,(H,20,21). The van der Waals surface area contributed by atoms with Crippen molar-refractivity contribution in [3.8, 4) is 5.75 Å². The number of hydrogen-bond donors (Lipinski definition) is 1. The Morgan fingerprint density at radius 2 is 1.74 bits per heavy atom. The maximum Gasteiger partial charge on any atom is 0.166 e. The van der Waals surface area contributed by atoms with Gasteiger partial charge in [-0.3, -0.25) is 0 Å². The van der Waals surface area contributed by atoms with E-state index < -0.39 is 0 Å². The van der Waals surface area contributed by atoms with Crippen LogP contribution < -0.4 is 4.74 Å². The first kappa shape index (κ1) is 18.2. The number of nitrogens with one attached hydrogen (secondary N) is 1. The minimum atomic E-state index is 0.694. The van der Waals surface area contributed by atoms with Gasteiger partial charge in [-0.1, -0.05) is 63.6 Å². The molecule has 0 radical (unpaired) electrons. The van der Waals surface area contributed by atoms with Crippen LogP contribution in [0.15, 0.2) is 23.4 Å². The van der Waals surface area contributed by atoms with Crippen molar-refractivity contribution in [1.29, 1.82) is 0 Å². The van der Waals surface area contributed by atoms with Crippen LogP contribution in [0.1, 0.15) is 65.2 Å². The Balaban J connectivity index is 1.65. The van der Waals surface area contributed by atoms with E-state index in [0.29, 0.717) is 6.61 Å². The first-order valence-electron chi connectivity index (χ1n) is 9.09. The minimum Gasteiger partial charge on any atom is -0.494 e. The second-order valence-electron chi connectivity index (χ2n) is 5.98. The molecular formula is C19H30N2OS. The zero-order chi connectivity index (χ0) is 16.3. The fourth-order valence-electron chi connectivity index (χ4n) is 2.69. The Morgan fingerprint density at radius 3 is 2.48 bits per heavy atom. The number of rotatable bonds is 12. The molecule has 1 N–H and O–H groups in total. The predicted molar refractivity (Wildman–Crippen MR) is 101 cm³/mol. The van der Waals surface area contributed by atoms with Gasteiger partial charge in [0.2, 0.25) is 0 Å². The van der Waals surface area contributed by atoms with Gasteiger partial charge in [0.1, 0.15) is 5.75 Å². The quantitative estimate of drug-likeness (QED) is 0.371. The number of unbranched alkanes of at least 4 members (excludes halogenated alkanes) is 7. The summed E-state index contributed by atoms with van der Waals surface area (Å²) < 4.78 is 5.53. The molecule has 0 fully saturated rings. The minimum absolute atomic E-state index is 0.694. The van der Waals surface area contributed by atoms with E-state index in [0.717, 1.165) is 27.7 Å². The molecule has 0 atom stereocenters. The van der Waals surface area contributed by atoms with Crippen LogP contribution in [0.3, 0.4) is 0 Å². The van der Waals surface area contributed by atoms with Crippen molar-refractivity contribution in [2.24, 2.45) is 0 Å². The summed E-state index contributed by atoms with van der Waals surface area (Å²) in [7, 11) is 0. The van der Waals surface area contributed by atoms with Crippen LogP contribution in [0.5, 0.6) is 5.75 Å². The summed E-state index contributed by atoms with van der Waals surface area (Å²) in [5, 5.41) is 1.02. The molecule has 0 aliphatic carbocycles. The van der Waals surface area contributed by atoms with Crippen LogP contribution >= 0.6 is 11.8 Å². The lowest BCUT2D eigenvalue weighted by atomic mass is 10.1. The monoisotopic (exact) mass is 334 g/mol. The van der Waals surface area contributed by atoms with Crippen LogP contribution in [-0.2, 0) is 0 Å². The number of benzene rings is 1. The third-order valence-electron chi connectivity index (χ3n) is 3.98. The van der Waals surface area contributed by atoms with Gasteiger partial charge in [-0.2, -0.15) is 0 Å². The molecule has 23 heavy (non-hydrogen) atoms. The number of thioether (sulfide) groups is 1. The van der Waals surface area contributed by atoms with Gasteiger partial charge in [0, 0.05) is 11.8 Å². The average Bonchev–Trinajstić information content (AvgIpc) is 2.95. The summed E-state index contributed by atoms with van der Waals surface area (Å²) in [5.74, 6) is 2.05. The molecule has 1 aromatic carbocycles. The van der Waals surface area contributed by atoms with Crippen molar-refractivity contribution < 1.29 is 4.74 Å². The Hall–Kier alpha value is -1.16. The lowest BCUT2D eigenvalue weighted by Crippen LogP contribution is -1.90. The van der Waals surface area contributed by atoms with Gasteiger partial charge in [0.25, 0.3) is 0 Å². The Morgan fingerprint density at radius 1 is 1.00 bits per heavy atom. The molecule has 2 aromatic rings. The van der Waals surface area contributed by atoms with Crippen molar-refractivity contribution in [2.75, 3.05) is 12.4 Å². The molecule has 4 heteroatoms. The van der Waals surface area contributed by atoms with Gasteiger partial charge in [-0.15, -0.1) is 0 Å². The first-order chi connectivity index (χ1) is 11.3. The number of aromatic amines is 1. The first-order valence-corrected chi connectivity index (χ1v) is 10.1. The van der Waals surface area contributed by atoms with Crippen molar-refractivity contribution >= 4 is 22.8 Å². The van der Waals surface area contributed by atoms with Crippen LogP contribution in [0.2, 0.25) is 0 Å². The van der Waals surface area contributed by atoms with E-state index in [9.17, 15) is 0 Å². The largest absolute Gasteiger partial charge is 0.494 e. The Bertz CT molecular complexity index is 567. The van der Waals surface area contributed by atoms with Crippen LogP contribution in [-0.4, -0.2) is 22.3 Å². The molecule has 0 unspecified atom stereocenters. The molecule has 0 bridgehead atoms. The second kappa shape index (κ2) is 10.6. The lowest BCUT2D eigenvalue weighted by molar-refractivity contribution is 0.340. The van der Waals surface area contributed by atoms with Crippen LogP contribution in [0, 0.1) is 0 Å². The highest BCUT2D eigenvalue weighted by Crippen LogP contribution is 2.24. The summed E-state index contributed by atoms with van der Waals surface area (Å²) >= 11 is 1.83. The van der Waals surface area contributed by atoms with E-state index in [1.165, 1.54) is 51.4 Å². The molecule has 3 nitrogen and oxygen atoms in total. The van der Waals surface area contributed by atoms with Gasteiger partial charge in [-0.25, -0.2) is 4.98 Å². The highest BCUT2D eigenvalue weighted by atomic mass is 32.2. The van der Waals surface area contributed by atoms with E-state index in [4.69, 9.17) is 4.74 Å². The zero-order valence-corrected chi connectivity index (χ0v) is 15.4. The normalized spacial score (nSPS) is 11.2. The van der Waals surface area contributed by atoms with Crippen molar-refractivity contribution in [1.82, 2.24) is 9.97 Å². The molecular weight excluding hydrogens is 304 g/mol. The van der Waals surface area contributed by atoms with Gasteiger partial charge < -0.3 is 9.72 Å². The third-order valence-corrected chi connectivity index (χ3v) is 4.94. The molecule has 0 saturated carbocycles. The molecule has 2 rings (SSSR count). The van der Waals surface area contributed by atoms with E-state index >= 15 is 0 Å². The van der Waals surface area contributed by atoms with Gasteiger partial charge in [0.15, 0.2) is 5.16 Å². The molecule has 1 heterocycles. The maximum absolute atomic E-state index is 5.53. The zero-order valence-electron chi connectivity index (χ0n) is 14.6. The molecule has 128 valence electrons. The summed E-state index contributed by atoms with van der Waals surface area (Å²) in [5.41, 5.74) is 2.08.